The van der Waals surface area contributed by atoms with E-state index >= 15 is 0 Å². The third-order valence-corrected chi connectivity index (χ3v) is 1.68. The Bertz CT molecular complexity index is 443. The molecule has 0 spiro atoms. The Labute approximate surface area is 67.4 Å². The Morgan fingerprint density at radius 1 is 1.45 bits per heavy atom. The number of benzene rings is 1. The molecule has 3 nitrogen and oxygen atoms in total. The van der Waals surface area contributed by atoms with Crippen molar-refractivity contribution in [3.05, 3.63) is 28.7 Å². The lowest BCUT2D eigenvalue weighted by atomic mass is 10.3. The molecular weight excluding hydrogens is 162 g/mol. The van der Waals surface area contributed by atoms with E-state index in [1.54, 1.807) is 18.2 Å². The zero-order valence-electron chi connectivity index (χ0n) is 5.50. The van der Waals surface area contributed by atoms with Crippen molar-refractivity contribution >= 4 is 23.7 Å². The molecule has 0 atom stereocenters. The smallest absolute Gasteiger partial charge is 0.408 e. The summed E-state index contributed by atoms with van der Waals surface area (Å²) < 4.78 is 4.78. The summed E-state index contributed by atoms with van der Waals surface area (Å²) in [5, 5.41) is 0. The van der Waals surface area contributed by atoms with Crippen LogP contribution in [0.15, 0.2) is 32.3 Å². The third kappa shape index (κ3) is 1.05. The van der Waals surface area contributed by atoms with E-state index in [2.05, 4.69) is 17.6 Å². The predicted molar refractivity (Wildman–Crippen MR) is 44.1 cm³/mol. The maximum atomic E-state index is 10.7. The van der Waals surface area contributed by atoms with Crippen LogP contribution in [0, 0.1) is 0 Å². The minimum atomic E-state index is -0.432. The number of rotatable bonds is 0. The number of hydrogen-bond acceptors (Lipinski definition) is 3. The van der Waals surface area contributed by atoms with Crippen LogP contribution in [-0.2, 0) is 0 Å². The van der Waals surface area contributed by atoms with Gasteiger partial charge in [-0.25, -0.2) is 4.79 Å². The third-order valence-electron chi connectivity index (χ3n) is 1.40. The van der Waals surface area contributed by atoms with Crippen molar-refractivity contribution in [2.45, 2.75) is 4.90 Å². The van der Waals surface area contributed by atoms with Gasteiger partial charge in [0, 0.05) is 4.90 Å². The van der Waals surface area contributed by atoms with E-state index in [0.29, 0.717) is 11.1 Å². The average Bonchev–Trinajstić information content (AvgIpc) is 2.27. The zero-order valence-corrected chi connectivity index (χ0v) is 6.39. The maximum absolute atomic E-state index is 10.7. The SMILES string of the molecule is O=c1[nH]c2cc(S)ccc2o1. The van der Waals surface area contributed by atoms with Gasteiger partial charge in [-0.2, -0.15) is 0 Å². The second kappa shape index (κ2) is 2.17. The van der Waals surface area contributed by atoms with Gasteiger partial charge in [0.05, 0.1) is 5.52 Å². The summed E-state index contributed by atoms with van der Waals surface area (Å²) in [6.07, 6.45) is 0. The van der Waals surface area contributed by atoms with Crippen molar-refractivity contribution in [2.75, 3.05) is 0 Å². The highest BCUT2D eigenvalue weighted by Gasteiger charge is 1.98. The molecule has 0 bridgehead atoms. The fraction of sp³-hybridized carbons (Fsp3) is 0. The molecule has 2 aromatic rings. The molecule has 1 aromatic carbocycles. The van der Waals surface area contributed by atoms with Gasteiger partial charge in [-0.15, -0.1) is 12.6 Å². The van der Waals surface area contributed by atoms with Crippen LogP contribution in [-0.4, -0.2) is 4.98 Å². The number of oxazole rings is 1. The number of fused-ring (bicyclic) bond motifs is 1. The molecule has 0 aliphatic carbocycles. The molecule has 1 N–H and O–H groups in total. The van der Waals surface area contributed by atoms with Gasteiger partial charge in [0.25, 0.3) is 0 Å². The highest BCUT2D eigenvalue weighted by Crippen LogP contribution is 2.13. The van der Waals surface area contributed by atoms with Gasteiger partial charge in [-0.1, -0.05) is 0 Å². The minimum Gasteiger partial charge on any atom is -0.408 e. The number of aromatic nitrogens is 1. The number of aromatic amines is 1. The second-order valence-electron chi connectivity index (χ2n) is 2.19. The Morgan fingerprint density at radius 3 is 3.09 bits per heavy atom. The second-order valence-corrected chi connectivity index (χ2v) is 2.71. The monoisotopic (exact) mass is 167 g/mol. The van der Waals surface area contributed by atoms with Crippen LogP contribution in [0.25, 0.3) is 11.1 Å². The van der Waals surface area contributed by atoms with Crippen LogP contribution >= 0.6 is 12.6 Å². The highest BCUT2D eigenvalue weighted by molar-refractivity contribution is 7.80. The average molecular weight is 167 g/mol. The number of H-pyrrole nitrogens is 1. The molecule has 0 fully saturated rings. The number of thiol groups is 1. The fourth-order valence-corrected chi connectivity index (χ4v) is 1.14. The zero-order chi connectivity index (χ0) is 7.84. The lowest BCUT2D eigenvalue weighted by Gasteiger charge is -1.87. The van der Waals surface area contributed by atoms with Crippen molar-refractivity contribution in [1.29, 1.82) is 0 Å². The summed E-state index contributed by atoms with van der Waals surface area (Å²) in [5.74, 6) is -0.432. The van der Waals surface area contributed by atoms with Gasteiger partial charge in [0.2, 0.25) is 0 Å². The first-order valence-electron chi connectivity index (χ1n) is 3.07. The number of hydrogen-bond donors (Lipinski definition) is 2. The Hall–Kier alpha value is -1.16. The van der Waals surface area contributed by atoms with Crippen LogP contribution in [0.1, 0.15) is 0 Å². The van der Waals surface area contributed by atoms with E-state index in [4.69, 9.17) is 4.42 Å². The molecule has 2 rings (SSSR count). The minimum absolute atomic E-state index is 0.432. The summed E-state index contributed by atoms with van der Waals surface area (Å²) >= 11 is 4.11. The van der Waals surface area contributed by atoms with Crippen molar-refractivity contribution in [1.82, 2.24) is 4.98 Å². The van der Waals surface area contributed by atoms with E-state index < -0.39 is 5.76 Å². The fourth-order valence-electron chi connectivity index (χ4n) is 0.940. The van der Waals surface area contributed by atoms with E-state index in [1.165, 1.54) is 0 Å². The highest BCUT2D eigenvalue weighted by atomic mass is 32.1. The summed E-state index contributed by atoms with van der Waals surface area (Å²) in [6, 6.07) is 5.21. The molecule has 1 aromatic heterocycles. The molecule has 0 aliphatic rings. The van der Waals surface area contributed by atoms with Gasteiger partial charge in [0.1, 0.15) is 0 Å². The normalized spacial score (nSPS) is 10.6. The van der Waals surface area contributed by atoms with Crippen LogP contribution < -0.4 is 5.76 Å². The summed E-state index contributed by atoms with van der Waals surface area (Å²) in [6.45, 7) is 0. The Morgan fingerprint density at radius 2 is 2.27 bits per heavy atom. The largest absolute Gasteiger partial charge is 0.417 e. The molecule has 0 amide bonds. The van der Waals surface area contributed by atoms with Crippen molar-refractivity contribution < 1.29 is 4.42 Å². The molecular formula is C7H5NO2S. The topological polar surface area (TPSA) is 46.0 Å². The molecule has 1 heterocycles. The first-order valence-corrected chi connectivity index (χ1v) is 3.52. The molecule has 0 radical (unpaired) electrons. The van der Waals surface area contributed by atoms with Crippen LogP contribution in [0.2, 0.25) is 0 Å². The predicted octanol–water partition coefficient (Wildman–Crippen LogP) is 1.41. The maximum Gasteiger partial charge on any atom is 0.417 e. The quantitative estimate of drug-likeness (QED) is 0.583. The van der Waals surface area contributed by atoms with E-state index in [9.17, 15) is 4.79 Å². The first-order chi connectivity index (χ1) is 5.25. The van der Waals surface area contributed by atoms with Gasteiger partial charge < -0.3 is 4.42 Å². The van der Waals surface area contributed by atoms with E-state index in [-0.39, 0.29) is 0 Å². The number of nitrogens with one attached hydrogen (secondary N) is 1. The van der Waals surface area contributed by atoms with E-state index in [1.807, 2.05) is 0 Å². The molecule has 11 heavy (non-hydrogen) atoms. The van der Waals surface area contributed by atoms with Crippen LogP contribution in [0.5, 0.6) is 0 Å². The van der Waals surface area contributed by atoms with Gasteiger partial charge in [-0.3, -0.25) is 4.98 Å². The molecule has 0 unspecified atom stereocenters. The standard InChI is InChI=1S/C7H5NO2S/c9-7-8-5-3-4(11)1-2-6(5)10-7/h1-3,11H,(H,8,9). The summed E-state index contributed by atoms with van der Waals surface area (Å²) in [7, 11) is 0. The molecule has 0 saturated heterocycles. The van der Waals surface area contributed by atoms with Gasteiger partial charge in [-0.05, 0) is 18.2 Å². The molecule has 0 aliphatic heterocycles. The van der Waals surface area contributed by atoms with Crippen molar-refractivity contribution in [3.8, 4) is 0 Å². The van der Waals surface area contributed by atoms with Crippen molar-refractivity contribution in [3.63, 3.8) is 0 Å². The lowest BCUT2D eigenvalue weighted by molar-refractivity contribution is 0.555. The summed E-state index contributed by atoms with van der Waals surface area (Å²) in [4.78, 5) is 14.0. The molecule has 56 valence electrons. The van der Waals surface area contributed by atoms with Crippen molar-refractivity contribution in [2.24, 2.45) is 0 Å². The van der Waals surface area contributed by atoms with Crippen LogP contribution in [0.3, 0.4) is 0 Å². The molecule has 0 saturated carbocycles. The Balaban J connectivity index is 2.92. The first kappa shape index (κ1) is 6.54. The van der Waals surface area contributed by atoms with Gasteiger partial charge in [0.15, 0.2) is 5.58 Å². The Kier molecular flexibility index (Phi) is 1.29. The summed E-state index contributed by atoms with van der Waals surface area (Å²) in [5.41, 5.74) is 1.25. The van der Waals surface area contributed by atoms with Gasteiger partial charge >= 0.3 is 5.76 Å². The molecule has 4 heteroatoms. The van der Waals surface area contributed by atoms with Crippen LogP contribution in [0.4, 0.5) is 0 Å². The lowest BCUT2D eigenvalue weighted by Crippen LogP contribution is -1.92. The van der Waals surface area contributed by atoms with E-state index in [0.717, 1.165) is 4.90 Å².